The van der Waals surface area contributed by atoms with Crippen molar-refractivity contribution >= 4 is 29.4 Å². The number of nitrogens with zero attached hydrogens (tertiary/aromatic N) is 1. The highest BCUT2D eigenvalue weighted by molar-refractivity contribution is 7.99. The van der Waals surface area contributed by atoms with E-state index >= 15 is 0 Å². The lowest BCUT2D eigenvalue weighted by Crippen LogP contribution is -2.62. The van der Waals surface area contributed by atoms with Crippen LogP contribution in [0.25, 0.3) is 0 Å². The SMILES string of the molecule is CCCCN(C(=O)NC12CC3CC(CC(C3)C1)C2)c1cccc(Sc2ccc(OC(C)=O)cc2)c1. The molecule has 4 aliphatic carbocycles. The van der Waals surface area contributed by atoms with Gasteiger partial charge in [0.05, 0.1) is 0 Å². The summed E-state index contributed by atoms with van der Waals surface area (Å²) in [5, 5.41) is 3.56. The Bertz CT molecular complexity index is 1030. The van der Waals surface area contributed by atoms with E-state index in [4.69, 9.17) is 4.74 Å². The van der Waals surface area contributed by atoms with Crippen LogP contribution in [0.3, 0.4) is 0 Å². The molecule has 6 heteroatoms. The molecule has 2 aromatic rings. The maximum absolute atomic E-state index is 13.7. The summed E-state index contributed by atoms with van der Waals surface area (Å²) in [5.74, 6) is 2.63. The number of ether oxygens (including phenoxy) is 1. The van der Waals surface area contributed by atoms with Crippen LogP contribution < -0.4 is 15.0 Å². The Morgan fingerprint density at radius 2 is 1.66 bits per heavy atom. The van der Waals surface area contributed by atoms with Crippen molar-refractivity contribution in [3.8, 4) is 5.75 Å². The minimum Gasteiger partial charge on any atom is -0.427 e. The largest absolute Gasteiger partial charge is 0.427 e. The Hall–Kier alpha value is -2.47. The molecule has 0 unspecified atom stereocenters. The van der Waals surface area contributed by atoms with Crippen molar-refractivity contribution in [3.05, 3.63) is 48.5 Å². The highest BCUT2D eigenvalue weighted by Gasteiger charge is 2.51. The van der Waals surface area contributed by atoms with Crippen molar-refractivity contribution in [1.29, 1.82) is 0 Å². The van der Waals surface area contributed by atoms with Crippen molar-refractivity contribution in [2.75, 3.05) is 11.4 Å². The van der Waals surface area contributed by atoms with Gasteiger partial charge in [-0.3, -0.25) is 9.69 Å². The summed E-state index contributed by atoms with van der Waals surface area (Å²) in [4.78, 5) is 28.9. The number of nitrogens with one attached hydrogen (secondary N) is 1. The third-order valence-corrected chi connectivity index (χ3v) is 8.84. The zero-order valence-electron chi connectivity index (χ0n) is 20.8. The quantitative estimate of drug-likeness (QED) is 0.317. The summed E-state index contributed by atoms with van der Waals surface area (Å²) in [5.41, 5.74) is 0.953. The molecule has 0 aromatic heterocycles. The van der Waals surface area contributed by atoms with Gasteiger partial charge in [0.15, 0.2) is 0 Å². The molecule has 186 valence electrons. The van der Waals surface area contributed by atoms with Crippen molar-refractivity contribution in [3.63, 3.8) is 0 Å². The van der Waals surface area contributed by atoms with Crippen LogP contribution in [-0.2, 0) is 4.79 Å². The van der Waals surface area contributed by atoms with Crippen LogP contribution >= 0.6 is 11.8 Å². The first-order valence-corrected chi connectivity index (χ1v) is 13.9. The number of urea groups is 1. The fourth-order valence-corrected chi connectivity index (χ4v) is 7.69. The van der Waals surface area contributed by atoms with E-state index < -0.39 is 0 Å². The number of anilines is 1. The maximum atomic E-state index is 13.7. The van der Waals surface area contributed by atoms with Crippen molar-refractivity contribution in [2.24, 2.45) is 17.8 Å². The molecular weight excluding hydrogens is 456 g/mol. The van der Waals surface area contributed by atoms with E-state index in [-0.39, 0.29) is 17.5 Å². The van der Waals surface area contributed by atoms with E-state index in [9.17, 15) is 9.59 Å². The molecule has 4 saturated carbocycles. The number of benzene rings is 2. The van der Waals surface area contributed by atoms with Crippen LogP contribution in [0.5, 0.6) is 5.75 Å². The molecule has 6 rings (SSSR count). The Labute approximate surface area is 213 Å². The predicted molar refractivity (Wildman–Crippen MR) is 140 cm³/mol. The molecule has 35 heavy (non-hydrogen) atoms. The molecule has 0 aliphatic heterocycles. The van der Waals surface area contributed by atoms with Crippen LogP contribution in [0.15, 0.2) is 58.3 Å². The number of amides is 2. The normalized spacial score (nSPS) is 26.4. The average Bonchev–Trinajstić information content (AvgIpc) is 2.79. The summed E-state index contributed by atoms with van der Waals surface area (Å²) in [6.07, 6.45) is 9.61. The van der Waals surface area contributed by atoms with Gasteiger partial charge in [-0.1, -0.05) is 31.2 Å². The van der Waals surface area contributed by atoms with Gasteiger partial charge in [0.25, 0.3) is 0 Å². The molecule has 0 atom stereocenters. The zero-order valence-corrected chi connectivity index (χ0v) is 21.6. The smallest absolute Gasteiger partial charge is 0.322 e. The van der Waals surface area contributed by atoms with E-state index in [1.54, 1.807) is 23.9 Å². The Kier molecular flexibility index (Phi) is 7.10. The summed E-state index contributed by atoms with van der Waals surface area (Å²) in [6, 6.07) is 15.8. The van der Waals surface area contributed by atoms with Crippen LogP contribution in [0.1, 0.15) is 65.2 Å². The molecule has 4 aliphatic rings. The van der Waals surface area contributed by atoms with Crippen LogP contribution in [0.2, 0.25) is 0 Å². The second kappa shape index (κ2) is 10.3. The van der Waals surface area contributed by atoms with Crippen molar-refractivity contribution in [1.82, 2.24) is 5.32 Å². The molecule has 5 nitrogen and oxygen atoms in total. The van der Waals surface area contributed by atoms with Crippen LogP contribution in [0.4, 0.5) is 10.5 Å². The van der Waals surface area contributed by atoms with E-state index in [1.165, 1.54) is 26.2 Å². The van der Waals surface area contributed by atoms with Gasteiger partial charge in [-0.2, -0.15) is 0 Å². The number of hydrogen-bond donors (Lipinski definition) is 1. The number of carbonyl (C=O) groups is 2. The number of hydrogen-bond acceptors (Lipinski definition) is 4. The first-order valence-electron chi connectivity index (χ1n) is 13.1. The molecule has 2 aromatic carbocycles. The van der Waals surface area contributed by atoms with Gasteiger partial charge in [0.2, 0.25) is 0 Å². The van der Waals surface area contributed by atoms with E-state index in [1.807, 2.05) is 29.2 Å². The van der Waals surface area contributed by atoms with Gasteiger partial charge in [-0.25, -0.2) is 4.79 Å². The number of unbranched alkanes of at least 4 members (excludes halogenated alkanes) is 1. The topological polar surface area (TPSA) is 58.6 Å². The first kappa shape index (κ1) is 24.2. The fraction of sp³-hybridized carbons (Fsp3) is 0.517. The number of esters is 1. The molecule has 2 amide bonds. The summed E-state index contributed by atoms with van der Waals surface area (Å²) >= 11 is 1.64. The standard InChI is InChI=1S/C29H36N2O3S/c1-3-4-12-31(28(33)30-29-17-21-13-22(18-29)15-23(14-21)19-29)24-6-5-7-27(16-24)35-26-10-8-25(9-11-26)34-20(2)32/h5-11,16,21-23H,3-4,12-15,17-19H2,1-2H3,(H,30,33). The zero-order chi connectivity index (χ0) is 24.4. The van der Waals surface area contributed by atoms with Crippen LogP contribution in [-0.4, -0.2) is 24.1 Å². The Morgan fingerprint density at radius 3 is 2.26 bits per heavy atom. The Balaban J connectivity index is 1.30. The number of carbonyl (C=O) groups excluding carboxylic acids is 2. The molecule has 0 radical (unpaired) electrons. The van der Waals surface area contributed by atoms with Gasteiger partial charge in [-0.05, 0) is 105 Å². The molecule has 0 saturated heterocycles. The molecule has 4 bridgehead atoms. The highest BCUT2D eigenvalue weighted by atomic mass is 32.2. The lowest BCUT2D eigenvalue weighted by Gasteiger charge is -2.57. The van der Waals surface area contributed by atoms with Crippen molar-refractivity contribution < 1.29 is 14.3 Å². The monoisotopic (exact) mass is 492 g/mol. The third-order valence-electron chi connectivity index (χ3n) is 7.84. The Morgan fingerprint density at radius 1 is 1.00 bits per heavy atom. The first-order chi connectivity index (χ1) is 16.9. The minimum absolute atomic E-state index is 0.00630. The van der Waals surface area contributed by atoms with E-state index in [2.05, 4.69) is 24.4 Å². The summed E-state index contributed by atoms with van der Waals surface area (Å²) < 4.78 is 5.13. The lowest BCUT2D eigenvalue weighted by atomic mass is 9.53. The minimum atomic E-state index is -0.322. The second-order valence-electron chi connectivity index (χ2n) is 10.8. The molecule has 1 N–H and O–H groups in total. The lowest BCUT2D eigenvalue weighted by molar-refractivity contribution is -0.131. The molecule has 4 fully saturated rings. The van der Waals surface area contributed by atoms with Crippen molar-refractivity contribution in [2.45, 2.75) is 80.5 Å². The van der Waals surface area contributed by atoms with Crippen LogP contribution in [0, 0.1) is 17.8 Å². The molecule has 0 spiro atoms. The number of rotatable bonds is 8. The predicted octanol–water partition coefficient (Wildman–Crippen LogP) is 7.05. The average molecular weight is 493 g/mol. The van der Waals surface area contributed by atoms with Gasteiger partial charge in [-0.15, -0.1) is 0 Å². The van der Waals surface area contributed by atoms with Gasteiger partial charge >= 0.3 is 12.0 Å². The van der Waals surface area contributed by atoms with Gasteiger partial charge in [0, 0.05) is 34.5 Å². The maximum Gasteiger partial charge on any atom is 0.322 e. The fourth-order valence-electron chi connectivity index (χ4n) is 6.81. The highest BCUT2D eigenvalue weighted by Crippen LogP contribution is 2.55. The summed E-state index contributed by atoms with van der Waals surface area (Å²) in [6.45, 7) is 4.29. The van der Waals surface area contributed by atoms with Gasteiger partial charge in [0.1, 0.15) is 5.75 Å². The van der Waals surface area contributed by atoms with E-state index in [0.717, 1.165) is 71.9 Å². The van der Waals surface area contributed by atoms with E-state index in [0.29, 0.717) is 5.75 Å². The molecular formula is C29H36N2O3S. The second-order valence-corrected chi connectivity index (χ2v) is 11.9. The van der Waals surface area contributed by atoms with Gasteiger partial charge < -0.3 is 10.1 Å². The third kappa shape index (κ3) is 5.69. The molecule has 0 heterocycles. The summed E-state index contributed by atoms with van der Waals surface area (Å²) in [7, 11) is 0.